The Morgan fingerprint density at radius 1 is 0.949 bits per heavy atom. The Hall–Kier alpha value is -3.32. The van der Waals surface area contributed by atoms with E-state index in [9.17, 15) is 14.4 Å². The molecular formula is C31H40ClN3O4. The van der Waals surface area contributed by atoms with Crippen LogP contribution >= 0.6 is 11.6 Å². The number of nitrogens with zero attached hydrogens (tertiary/aromatic N) is 2. The molecule has 210 valence electrons. The van der Waals surface area contributed by atoms with Crippen LogP contribution in [0.4, 0.5) is 0 Å². The number of unbranched alkanes of at least 4 members (excludes halogenated alkanes) is 4. The number of aromatic nitrogens is 1. The van der Waals surface area contributed by atoms with E-state index in [0.29, 0.717) is 29.3 Å². The van der Waals surface area contributed by atoms with E-state index < -0.39 is 0 Å². The van der Waals surface area contributed by atoms with Crippen LogP contribution in [-0.2, 0) is 16.0 Å². The summed E-state index contributed by atoms with van der Waals surface area (Å²) in [5.74, 6) is 0.643. The number of methoxy groups -OCH3 is 1. The monoisotopic (exact) mass is 553 g/mol. The van der Waals surface area contributed by atoms with Crippen LogP contribution in [0.3, 0.4) is 0 Å². The van der Waals surface area contributed by atoms with Crippen LogP contribution in [0.25, 0.3) is 10.9 Å². The van der Waals surface area contributed by atoms with Gasteiger partial charge in [0, 0.05) is 47.7 Å². The van der Waals surface area contributed by atoms with E-state index in [1.54, 1.807) is 35.9 Å². The molecule has 0 saturated carbocycles. The molecule has 1 heterocycles. The molecule has 0 saturated heterocycles. The predicted molar refractivity (Wildman–Crippen MR) is 157 cm³/mol. The highest BCUT2D eigenvalue weighted by Gasteiger charge is 2.22. The van der Waals surface area contributed by atoms with Gasteiger partial charge < -0.3 is 15.0 Å². The summed E-state index contributed by atoms with van der Waals surface area (Å²) in [6.45, 7) is 8.01. The van der Waals surface area contributed by atoms with Crippen LogP contribution in [0.15, 0.2) is 42.5 Å². The molecule has 0 aliphatic rings. The molecule has 8 heteroatoms. The number of benzene rings is 2. The van der Waals surface area contributed by atoms with Crippen molar-refractivity contribution in [2.75, 3.05) is 26.7 Å². The summed E-state index contributed by atoms with van der Waals surface area (Å²) >= 11 is 6.01. The van der Waals surface area contributed by atoms with Gasteiger partial charge in [-0.2, -0.15) is 0 Å². The third-order valence-electron chi connectivity index (χ3n) is 7.18. The van der Waals surface area contributed by atoms with E-state index in [2.05, 4.69) is 5.32 Å². The number of halogens is 1. The summed E-state index contributed by atoms with van der Waals surface area (Å²) < 4.78 is 7.07. The molecule has 3 rings (SSSR count). The SMILES string of the molecule is CCN(CC)C(=O)CCCCCCCNC(=O)Cc1c(C)n(C(=O)c2ccc(Cl)cc2)c2ccc(OC)cc12. The van der Waals surface area contributed by atoms with Crippen molar-refractivity contribution in [3.63, 3.8) is 0 Å². The number of hydrogen-bond acceptors (Lipinski definition) is 4. The van der Waals surface area contributed by atoms with Gasteiger partial charge in [-0.25, -0.2) is 0 Å². The highest BCUT2D eigenvalue weighted by Crippen LogP contribution is 2.31. The van der Waals surface area contributed by atoms with E-state index in [4.69, 9.17) is 16.3 Å². The maximum Gasteiger partial charge on any atom is 0.262 e. The summed E-state index contributed by atoms with van der Waals surface area (Å²) in [7, 11) is 1.60. The van der Waals surface area contributed by atoms with E-state index in [1.165, 1.54) is 0 Å². The number of carbonyl (C=O) groups is 3. The number of amides is 2. The lowest BCUT2D eigenvalue weighted by Gasteiger charge is -2.18. The van der Waals surface area contributed by atoms with Crippen LogP contribution in [0, 0.1) is 6.92 Å². The van der Waals surface area contributed by atoms with Gasteiger partial charge in [0.05, 0.1) is 19.0 Å². The first-order chi connectivity index (χ1) is 18.8. The molecule has 2 aromatic carbocycles. The fraction of sp³-hybridized carbons (Fsp3) is 0.452. The molecule has 0 bridgehead atoms. The standard InChI is InChI=1S/C31H40ClN3O4/c1-5-34(6-2)30(37)12-10-8-7-9-11-19-33-29(36)21-26-22(3)35(28-18-17-25(39-4)20-27(26)28)31(38)23-13-15-24(32)16-14-23/h13-18,20H,5-12,19,21H2,1-4H3,(H,33,36). The summed E-state index contributed by atoms with van der Waals surface area (Å²) in [5, 5.41) is 4.41. The van der Waals surface area contributed by atoms with Crippen LogP contribution < -0.4 is 10.1 Å². The Labute approximate surface area is 236 Å². The van der Waals surface area contributed by atoms with Crippen molar-refractivity contribution in [2.45, 2.75) is 65.7 Å². The third kappa shape index (κ3) is 7.85. The largest absolute Gasteiger partial charge is 0.497 e. The average Bonchev–Trinajstić information content (AvgIpc) is 3.20. The van der Waals surface area contributed by atoms with Gasteiger partial charge in [-0.05, 0) is 81.6 Å². The Balaban J connectivity index is 1.58. The van der Waals surface area contributed by atoms with E-state index in [1.807, 2.05) is 43.9 Å². The van der Waals surface area contributed by atoms with Gasteiger partial charge in [0.15, 0.2) is 0 Å². The molecule has 0 fully saturated rings. The molecule has 39 heavy (non-hydrogen) atoms. The van der Waals surface area contributed by atoms with E-state index in [-0.39, 0.29) is 24.1 Å². The van der Waals surface area contributed by atoms with Crippen LogP contribution in [0.5, 0.6) is 5.75 Å². The first-order valence-electron chi connectivity index (χ1n) is 13.8. The molecule has 0 atom stereocenters. The van der Waals surface area contributed by atoms with Gasteiger partial charge in [-0.3, -0.25) is 19.0 Å². The molecule has 0 aliphatic carbocycles. The normalized spacial score (nSPS) is 11.0. The van der Waals surface area contributed by atoms with Crippen LogP contribution in [-0.4, -0.2) is 53.9 Å². The molecule has 2 amide bonds. The second kappa shape index (κ2) is 14.7. The zero-order valence-corrected chi connectivity index (χ0v) is 24.3. The predicted octanol–water partition coefficient (Wildman–Crippen LogP) is 6.17. The summed E-state index contributed by atoms with van der Waals surface area (Å²) in [6.07, 6.45) is 5.64. The zero-order valence-electron chi connectivity index (χ0n) is 23.5. The van der Waals surface area contributed by atoms with Gasteiger partial charge in [-0.15, -0.1) is 0 Å². The highest BCUT2D eigenvalue weighted by atomic mass is 35.5. The van der Waals surface area contributed by atoms with Crippen LogP contribution in [0.2, 0.25) is 5.02 Å². The molecule has 0 unspecified atom stereocenters. The van der Waals surface area contributed by atoms with Crippen molar-refractivity contribution >= 4 is 40.2 Å². The van der Waals surface area contributed by atoms with Crippen LogP contribution in [0.1, 0.15) is 74.0 Å². The second-order valence-electron chi connectivity index (χ2n) is 9.71. The number of ether oxygens (including phenoxy) is 1. The number of nitrogens with one attached hydrogen (secondary N) is 1. The lowest BCUT2D eigenvalue weighted by Crippen LogP contribution is -2.30. The molecule has 7 nitrogen and oxygen atoms in total. The fourth-order valence-electron chi connectivity index (χ4n) is 4.91. The first kappa shape index (κ1) is 30.2. The maximum atomic E-state index is 13.4. The summed E-state index contributed by atoms with van der Waals surface area (Å²) in [5.41, 5.74) is 2.79. The van der Waals surface area contributed by atoms with Gasteiger partial charge in [0.2, 0.25) is 11.8 Å². The Morgan fingerprint density at radius 3 is 2.28 bits per heavy atom. The molecule has 1 aromatic heterocycles. The van der Waals surface area contributed by atoms with E-state index in [0.717, 1.165) is 67.4 Å². The number of rotatable bonds is 14. The summed E-state index contributed by atoms with van der Waals surface area (Å²) in [4.78, 5) is 40.3. The van der Waals surface area contributed by atoms with Gasteiger partial charge in [-0.1, -0.05) is 30.9 Å². The van der Waals surface area contributed by atoms with E-state index >= 15 is 0 Å². The zero-order chi connectivity index (χ0) is 28.4. The quantitative estimate of drug-likeness (QED) is 0.242. The molecule has 0 aliphatic heterocycles. The van der Waals surface area contributed by atoms with Gasteiger partial charge in [0.1, 0.15) is 5.75 Å². The molecule has 0 spiro atoms. The second-order valence-corrected chi connectivity index (χ2v) is 10.1. The van der Waals surface area contributed by atoms with Crippen molar-refractivity contribution < 1.29 is 19.1 Å². The molecule has 0 radical (unpaired) electrons. The van der Waals surface area contributed by atoms with Gasteiger partial charge >= 0.3 is 0 Å². The lowest BCUT2D eigenvalue weighted by atomic mass is 10.1. The topological polar surface area (TPSA) is 80.6 Å². The third-order valence-corrected chi connectivity index (χ3v) is 7.43. The minimum absolute atomic E-state index is 0.0799. The smallest absolute Gasteiger partial charge is 0.262 e. The van der Waals surface area contributed by atoms with Crippen molar-refractivity contribution in [2.24, 2.45) is 0 Å². The average molecular weight is 554 g/mol. The minimum Gasteiger partial charge on any atom is -0.497 e. The summed E-state index contributed by atoms with van der Waals surface area (Å²) in [6, 6.07) is 12.3. The maximum absolute atomic E-state index is 13.4. The van der Waals surface area contributed by atoms with Crippen molar-refractivity contribution in [1.29, 1.82) is 0 Å². The van der Waals surface area contributed by atoms with Crippen molar-refractivity contribution in [3.8, 4) is 5.75 Å². The number of hydrogen-bond donors (Lipinski definition) is 1. The lowest BCUT2D eigenvalue weighted by molar-refractivity contribution is -0.131. The number of carbonyl (C=O) groups excluding carboxylic acids is 3. The fourth-order valence-corrected chi connectivity index (χ4v) is 5.04. The van der Waals surface area contributed by atoms with Crippen molar-refractivity contribution in [3.05, 3.63) is 64.3 Å². The minimum atomic E-state index is -0.176. The Kier molecular flexibility index (Phi) is 11.4. The molecular weight excluding hydrogens is 514 g/mol. The molecule has 1 N–H and O–H groups in total. The first-order valence-corrected chi connectivity index (χ1v) is 14.2. The van der Waals surface area contributed by atoms with Gasteiger partial charge in [0.25, 0.3) is 5.91 Å². The highest BCUT2D eigenvalue weighted by molar-refractivity contribution is 6.30. The number of fused-ring (bicyclic) bond motifs is 1. The van der Waals surface area contributed by atoms with Crippen molar-refractivity contribution in [1.82, 2.24) is 14.8 Å². The molecule has 3 aromatic rings. The Morgan fingerprint density at radius 2 is 1.62 bits per heavy atom. The Bertz CT molecular complexity index is 1280.